The zero-order valence-corrected chi connectivity index (χ0v) is 12.7. The summed E-state index contributed by atoms with van der Waals surface area (Å²) in [4.78, 5) is 4.21. The van der Waals surface area contributed by atoms with E-state index in [0.717, 1.165) is 17.5 Å². The van der Waals surface area contributed by atoms with Crippen LogP contribution in [0.1, 0.15) is 37.8 Å². The number of benzene rings is 1. The molecule has 1 heterocycles. The average molecular weight is 285 g/mol. The summed E-state index contributed by atoms with van der Waals surface area (Å²) in [5.74, 6) is 0.717. The molecule has 0 aliphatic heterocycles. The van der Waals surface area contributed by atoms with Gasteiger partial charge < -0.3 is 9.84 Å². The third-order valence-electron chi connectivity index (χ3n) is 3.65. The van der Waals surface area contributed by atoms with Gasteiger partial charge in [-0.2, -0.15) is 0 Å². The minimum absolute atomic E-state index is 0.573. The molecule has 0 bridgehead atoms. The summed E-state index contributed by atoms with van der Waals surface area (Å²) in [6.45, 7) is 4.71. The van der Waals surface area contributed by atoms with Gasteiger partial charge in [-0.05, 0) is 24.5 Å². The Labute approximate surface area is 126 Å². The third-order valence-corrected chi connectivity index (χ3v) is 3.65. The van der Waals surface area contributed by atoms with E-state index < -0.39 is 5.60 Å². The fourth-order valence-electron chi connectivity index (χ4n) is 2.34. The van der Waals surface area contributed by atoms with Crippen LogP contribution in [0.25, 0.3) is 0 Å². The van der Waals surface area contributed by atoms with Crippen molar-refractivity contribution in [3.63, 3.8) is 0 Å². The molecule has 1 aromatic carbocycles. The predicted octanol–water partition coefficient (Wildman–Crippen LogP) is 3.71. The van der Waals surface area contributed by atoms with Gasteiger partial charge in [0.25, 0.3) is 0 Å². The van der Waals surface area contributed by atoms with Gasteiger partial charge >= 0.3 is 0 Å². The van der Waals surface area contributed by atoms with Crippen molar-refractivity contribution < 1.29 is 9.84 Å². The summed E-state index contributed by atoms with van der Waals surface area (Å²) < 4.78 is 5.61. The number of aromatic nitrogens is 1. The first-order valence-corrected chi connectivity index (χ1v) is 7.52. The van der Waals surface area contributed by atoms with Crippen LogP contribution in [0.15, 0.2) is 48.8 Å². The lowest BCUT2D eigenvalue weighted by molar-refractivity contribution is 0.0321. The van der Waals surface area contributed by atoms with Crippen molar-refractivity contribution in [1.82, 2.24) is 4.98 Å². The molecule has 0 radical (unpaired) electrons. The molecular formula is C18H23NO2. The molecule has 0 aliphatic rings. The highest BCUT2D eigenvalue weighted by molar-refractivity contribution is 5.30. The Morgan fingerprint density at radius 2 is 1.90 bits per heavy atom. The van der Waals surface area contributed by atoms with Gasteiger partial charge in [0.05, 0.1) is 18.4 Å². The minimum atomic E-state index is -0.917. The number of ether oxygens (including phenoxy) is 1. The van der Waals surface area contributed by atoms with Crippen molar-refractivity contribution >= 4 is 0 Å². The molecule has 1 atom stereocenters. The molecule has 0 aliphatic carbocycles. The molecule has 0 amide bonds. The molecular weight excluding hydrogens is 262 g/mol. The first kappa shape index (κ1) is 15.5. The number of hydrogen-bond acceptors (Lipinski definition) is 3. The zero-order chi connectivity index (χ0) is 15.1. The first-order valence-electron chi connectivity index (χ1n) is 7.52. The van der Waals surface area contributed by atoms with Crippen LogP contribution in [0.4, 0.5) is 0 Å². The fourth-order valence-corrected chi connectivity index (χ4v) is 2.34. The Hall–Kier alpha value is -1.87. The molecule has 3 heteroatoms. The Morgan fingerprint density at radius 1 is 1.14 bits per heavy atom. The standard InChI is InChI=1S/C18H23NO2/c1-3-10-21-17-11-16(13-19-14-17)18(20,4-2)12-15-8-6-5-7-9-15/h5-9,11,13-14,20H,3-4,10,12H2,1-2H3. The van der Waals surface area contributed by atoms with Gasteiger partial charge in [-0.15, -0.1) is 0 Å². The van der Waals surface area contributed by atoms with Crippen molar-refractivity contribution in [1.29, 1.82) is 0 Å². The quantitative estimate of drug-likeness (QED) is 0.843. The van der Waals surface area contributed by atoms with Crippen molar-refractivity contribution in [2.75, 3.05) is 6.61 Å². The summed E-state index contributed by atoms with van der Waals surface area (Å²) in [5.41, 5.74) is 1.00. The van der Waals surface area contributed by atoms with Crippen LogP contribution in [-0.4, -0.2) is 16.7 Å². The summed E-state index contributed by atoms with van der Waals surface area (Å²) in [6.07, 6.45) is 5.57. The SMILES string of the molecule is CCCOc1cncc(C(O)(CC)Cc2ccccc2)c1. The second-order valence-corrected chi connectivity index (χ2v) is 5.31. The van der Waals surface area contributed by atoms with Crippen molar-refractivity contribution in [3.8, 4) is 5.75 Å². The van der Waals surface area contributed by atoms with Crippen LogP contribution in [0, 0.1) is 0 Å². The van der Waals surface area contributed by atoms with Crippen molar-refractivity contribution in [2.24, 2.45) is 0 Å². The lowest BCUT2D eigenvalue weighted by atomic mass is 9.86. The van der Waals surface area contributed by atoms with E-state index in [9.17, 15) is 5.11 Å². The van der Waals surface area contributed by atoms with E-state index in [0.29, 0.717) is 25.2 Å². The third kappa shape index (κ3) is 4.05. The van der Waals surface area contributed by atoms with Gasteiger partial charge in [-0.3, -0.25) is 4.98 Å². The Balaban J connectivity index is 2.23. The topological polar surface area (TPSA) is 42.4 Å². The molecule has 0 saturated heterocycles. The second kappa shape index (κ2) is 7.23. The minimum Gasteiger partial charge on any atom is -0.492 e. The van der Waals surface area contributed by atoms with Gasteiger partial charge in [0.15, 0.2) is 0 Å². The van der Waals surface area contributed by atoms with E-state index >= 15 is 0 Å². The van der Waals surface area contributed by atoms with Crippen molar-refractivity contribution in [3.05, 3.63) is 59.9 Å². The van der Waals surface area contributed by atoms with Gasteiger partial charge in [-0.25, -0.2) is 0 Å². The van der Waals surface area contributed by atoms with Crippen LogP contribution >= 0.6 is 0 Å². The van der Waals surface area contributed by atoms with Crippen molar-refractivity contribution in [2.45, 2.75) is 38.7 Å². The lowest BCUT2D eigenvalue weighted by Crippen LogP contribution is -2.28. The molecule has 3 nitrogen and oxygen atoms in total. The summed E-state index contributed by atoms with van der Waals surface area (Å²) >= 11 is 0. The highest BCUT2D eigenvalue weighted by atomic mass is 16.5. The van der Waals surface area contributed by atoms with Gasteiger partial charge in [0.1, 0.15) is 5.75 Å². The number of rotatable bonds is 7. The van der Waals surface area contributed by atoms with E-state index in [2.05, 4.69) is 11.9 Å². The van der Waals surface area contributed by atoms with Crippen LogP contribution < -0.4 is 4.74 Å². The lowest BCUT2D eigenvalue weighted by Gasteiger charge is -2.27. The molecule has 21 heavy (non-hydrogen) atoms. The molecule has 1 N–H and O–H groups in total. The Morgan fingerprint density at radius 3 is 2.57 bits per heavy atom. The number of hydrogen-bond donors (Lipinski definition) is 1. The highest BCUT2D eigenvalue weighted by Crippen LogP contribution is 2.30. The molecule has 0 spiro atoms. The molecule has 2 rings (SSSR count). The predicted molar refractivity (Wildman–Crippen MR) is 84.4 cm³/mol. The normalized spacial score (nSPS) is 13.7. The Bertz CT molecular complexity index is 556. The van der Waals surface area contributed by atoms with E-state index in [1.54, 1.807) is 12.4 Å². The summed E-state index contributed by atoms with van der Waals surface area (Å²) in [7, 11) is 0. The summed E-state index contributed by atoms with van der Waals surface area (Å²) in [6, 6.07) is 11.9. The van der Waals surface area contributed by atoms with Crippen LogP contribution in [0.2, 0.25) is 0 Å². The molecule has 2 aromatic rings. The maximum absolute atomic E-state index is 11.0. The largest absolute Gasteiger partial charge is 0.492 e. The average Bonchev–Trinajstić information content (AvgIpc) is 2.54. The van der Waals surface area contributed by atoms with E-state index in [1.807, 2.05) is 43.3 Å². The maximum Gasteiger partial charge on any atom is 0.137 e. The van der Waals surface area contributed by atoms with E-state index in [4.69, 9.17) is 4.74 Å². The maximum atomic E-state index is 11.0. The van der Waals surface area contributed by atoms with Crippen LogP contribution in [0.5, 0.6) is 5.75 Å². The number of nitrogens with zero attached hydrogens (tertiary/aromatic N) is 1. The number of pyridine rings is 1. The summed E-state index contributed by atoms with van der Waals surface area (Å²) in [5, 5.41) is 11.0. The molecule has 112 valence electrons. The monoisotopic (exact) mass is 285 g/mol. The smallest absolute Gasteiger partial charge is 0.137 e. The molecule has 0 fully saturated rings. The fraction of sp³-hybridized carbons (Fsp3) is 0.389. The molecule has 1 unspecified atom stereocenters. The van der Waals surface area contributed by atoms with Gasteiger partial charge in [0, 0.05) is 18.2 Å². The van der Waals surface area contributed by atoms with E-state index in [1.165, 1.54) is 0 Å². The first-order chi connectivity index (χ1) is 10.2. The second-order valence-electron chi connectivity index (χ2n) is 5.31. The molecule has 0 saturated carbocycles. The highest BCUT2D eigenvalue weighted by Gasteiger charge is 2.28. The Kier molecular flexibility index (Phi) is 5.34. The van der Waals surface area contributed by atoms with E-state index in [-0.39, 0.29) is 0 Å². The number of aliphatic hydroxyl groups is 1. The van der Waals surface area contributed by atoms with Crippen LogP contribution in [0.3, 0.4) is 0 Å². The zero-order valence-electron chi connectivity index (χ0n) is 12.7. The van der Waals surface area contributed by atoms with Gasteiger partial charge in [0.2, 0.25) is 0 Å². The molecule has 1 aromatic heterocycles. The van der Waals surface area contributed by atoms with Crippen LogP contribution in [-0.2, 0) is 12.0 Å². The van der Waals surface area contributed by atoms with Gasteiger partial charge in [-0.1, -0.05) is 44.2 Å².